The molecule has 0 fully saturated rings. The van der Waals surface area contributed by atoms with E-state index in [1.165, 1.54) is 11.4 Å². The number of carbonyl (C=O) groups excluding carboxylic acids is 1. The van der Waals surface area contributed by atoms with Crippen LogP contribution in [0.5, 0.6) is 0 Å². The van der Waals surface area contributed by atoms with E-state index in [-0.39, 0.29) is 11.7 Å². The quantitative estimate of drug-likeness (QED) is 0.903. The van der Waals surface area contributed by atoms with E-state index in [1.807, 2.05) is 32.0 Å². The van der Waals surface area contributed by atoms with Gasteiger partial charge >= 0.3 is 0 Å². The summed E-state index contributed by atoms with van der Waals surface area (Å²) in [5.41, 5.74) is 3.89. The Hall–Kier alpha value is -2.34. The van der Waals surface area contributed by atoms with Crippen LogP contribution < -0.4 is 9.62 Å². The molecule has 0 saturated carbocycles. The molecule has 0 aliphatic rings. The number of nitrogens with zero attached hydrogens (tertiary/aromatic N) is 1. The lowest BCUT2D eigenvalue weighted by atomic mass is 10.1. The lowest BCUT2D eigenvalue weighted by Crippen LogP contribution is -2.28. The fourth-order valence-corrected chi connectivity index (χ4v) is 3.16. The number of hydrogen-bond donors (Lipinski definition) is 1. The van der Waals surface area contributed by atoms with Crippen LogP contribution in [0, 0.1) is 13.8 Å². The standard InChI is InChI=1S/C18H22N2O3S/c1-5-24(22,23)20(4)16-9-7-15(8-10-16)18(21)19-17-11-6-13(2)12-14(17)3/h6-12H,5H2,1-4H3,(H,19,21). The number of carbonyl (C=O) groups is 1. The highest BCUT2D eigenvalue weighted by molar-refractivity contribution is 7.92. The molecule has 0 heterocycles. The average molecular weight is 346 g/mol. The van der Waals surface area contributed by atoms with Crippen LogP contribution in [0.2, 0.25) is 0 Å². The minimum Gasteiger partial charge on any atom is -0.322 e. The molecule has 0 bridgehead atoms. The van der Waals surface area contributed by atoms with Crippen LogP contribution in [0.25, 0.3) is 0 Å². The molecular formula is C18H22N2O3S. The first-order valence-corrected chi connectivity index (χ1v) is 9.31. The van der Waals surface area contributed by atoms with E-state index in [9.17, 15) is 13.2 Å². The normalized spacial score (nSPS) is 11.2. The highest BCUT2D eigenvalue weighted by Crippen LogP contribution is 2.20. The molecule has 0 atom stereocenters. The van der Waals surface area contributed by atoms with Gasteiger partial charge in [-0.2, -0.15) is 0 Å². The van der Waals surface area contributed by atoms with Crippen molar-refractivity contribution in [3.8, 4) is 0 Å². The minimum atomic E-state index is -3.31. The zero-order chi connectivity index (χ0) is 17.9. The smallest absolute Gasteiger partial charge is 0.255 e. The maximum Gasteiger partial charge on any atom is 0.255 e. The van der Waals surface area contributed by atoms with E-state index < -0.39 is 10.0 Å². The zero-order valence-corrected chi connectivity index (χ0v) is 15.1. The molecule has 0 unspecified atom stereocenters. The monoisotopic (exact) mass is 346 g/mol. The number of amides is 1. The zero-order valence-electron chi connectivity index (χ0n) is 14.3. The van der Waals surface area contributed by atoms with Gasteiger partial charge in [0.2, 0.25) is 10.0 Å². The maximum atomic E-state index is 12.3. The van der Waals surface area contributed by atoms with Crippen molar-refractivity contribution in [3.63, 3.8) is 0 Å². The molecule has 0 radical (unpaired) electrons. The van der Waals surface area contributed by atoms with E-state index in [0.29, 0.717) is 11.3 Å². The van der Waals surface area contributed by atoms with Gasteiger partial charge in [0, 0.05) is 18.3 Å². The Bertz CT molecular complexity index is 843. The number of sulfonamides is 1. The van der Waals surface area contributed by atoms with Crippen LogP contribution in [0.4, 0.5) is 11.4 Å². The second kappa shape index (κ2) is 7.05. The number of anilines is 2. The molecule has 1 amide bonds. The van der Waals surface area contributed by atoms with Crippen molar-refractivity contribution in [2.45, 2.75) is 20.8 Å². The van der Waals surface area contributed by atoms with Gasteiger partial charge in [-0.1, -0.05) is 17.7 Å². The molecule has 24 heavy (non-hydrogen) atoms. The van der Waals surface area contributed by atoms with Crippen LogP contribution in [0.3, 0.4) is 0 Å². The second-order valence-corrected chi connectivity index (χ2v) is 7.98. The Morgan fingerprint density at radius 1 is 1.08 bits per heavy atom. The van der Waals surface area contributed by atoms with Crippen molar-refractivity contribution in [1.29, 1.82) is 0 Å². The Labute approximate surface area is 143 Å². The van der Waals surface area contributed by atoms with Crippen molar-refractivity contribution in [1.82, 2.24) is 0 Å². The van der Waals surface area contributed by atoms with E-state index >= 15 is 0 Å². The first-order valence-electron chi connectivity index (χ1n) is 7.70. The largest absolute Gasteiger partial charge is 0.322 e. The number of benzene rings is 2. The molecule has 5 nitrogen and oxygen atoms in total. The number of nitrogens with one attached hydrogen (secondary N) is 1. The molecule has 0 aliphatic heterocycles. The Morgan fingerprint density at radius 3 is 2.25 bits per heavy atom. The molecule has 0 aromatic heterocycles. The van der Waals surface area contributed by atoms with Gasteiger partial charge in [0.05, 0.1) is 11.4 Å². The topological polar surface area (TPSA) is 66.5 Å². The molecule has 128 valence electrons. The van der Waals surface area contributed by atoms with E-state index in [2.05, 4.69) is 5.32 Å². The molecule has 2 aromatic rings. The van der Waals surface area contributed by atoms with Crippen molar-refractivity contribution < 1.29 is 13.2 Å². The molecule has 0 spiro atoms. The van der Waals surface area contributed by atoms with Gasteiger partial charge in [0.15, 0.2) is 0 Å². The van der Waals surface area contributed by atoms with Crippen molar-refractivity contribution in [3.05, 3.63) is 59.2 Å². The van der Waals surface area contributed by atoms with Gasteiger partial charge in [-0.25, -0.2) is 8.42 Å². The second-order valence-electron chi connectivity index (χ2n) is 5.69. The van der Waals surface area contributed by atoms with Crippen LogP contribution in [0.15, 0.2) is 42.5 Å². The van der Waals surface area contributed by atoms with E-state index in [4.69, 9.17) is 0 Å². The van der Waals surface area contributed by atoms with Gasteiger partial charge in [-0.3, -0.25) is 9.10 Å². The highest BCUT2D eigenvalue weighted by atomic mass is 32.2. The average Bonchev–Trinajstić information content (AvgIpc) is 2.56. The van der Waals surface area contributed by atoms with Crippen molar-refractivity contribution >= 4 is 27.3 Å². The molecule has 2 rings (SSSR count). The third kappa shape index (κ3) is 3.94. The summed E-state index contributed by atoms with van der Waals surface area (Å²) in [5.74, 6) is -0.201. The summed E-state index contributed by atoms with van der Waals surface area (Å²) in [7, 11) is -1.81. The van der Waals surface area contributed by atoms with Gasteiger partial charge in [-0.05, 0) is 56.7 Å². The molecule has 6 heteroatoms. The lowest BCUT2D eigenvalue weighted by molar-refractivity contribution is 0.102. The van der Waals surface area contributed by atoms with Crippen LogP contribution >= 0.6 is 0 Å². The van der Waals surface area contributed by atoms with E-state index in [0.717, 1.165) is 16.8 Å². The van der Waals surface area contributed by atoms with Gasteiger partial charge in [0.1, 0.15) is 0 Å². The highest BCUT2D eigenvalue weighted by Gasteiger charge is 2.16. The Balaban J connectivity index is 2.17. The van der Waals surface area contributed by atoms with Crippen molar-refractivity contribution in [2.24, 2.45) is 0 Å². The summed E-state index contributed by atoms with van der Waals surface area (Å²) in [6, 6.07) is 12.3. The molecular weight excluding hydrogens is 324 g/mol. The summed E-state index contributed by atoms with van der Waals surface area (Å²) < 4.78 is 25.0. The fraction of sp³-hybridized carbons (Fsp3) is 0.278. The molecule has 0 saturated heterocycles. The maximum absolute atomic E-state index is 12.3. The molecule has 2 aromatic carbocycles. The summed E-state index contributed by atoms with van der Waals surface area (Å²) in [6.45, 7) is 5.53. The lowest BCUT2D eigenvalue weighted by Gasteiger charge is -2.18. The van der Waals surface area contributed by atoms with Crippen molar-refractivity contribution in [2.75, 3.05) is 22.4 Å². The summed E-state index contributed by atoms with van der Waals surface area (Å²) in [4.78, 5) is 12.3. The predicted molar refractivity (Wildman–Crippen MR) is 98.2 cm³/mol. The summed E-state index contributed by atoms with van der Waals surface area (Å²) in [6.07, 6.45) is 0. The summed E-state index contributed by atoms with van der Waals surface area (Å²) in [5, 5.41) is 2.87. The first kappa shape index (κ1) is 18.0. The van der Waals surface area contributed by atoms with Gasteiger partial charge in [-0.15, -0.1) is 0 Å². The van der Waals surface area contributed by atoms with Crippen LogP contribution in [0.1, 0.15) is 28.4 Å². The third-order valence-electron chi connectivity index (χ3n) is 3.91. The minimum absolute atomic E-state index is 0.0262. The summed E-state index contributed by atoms with van der Waals surface area (Å²) >= 11 is 0. The molecule has 0 aliphatic carbocycles. The van der Waals surface area contributed by atoms with E-state index in [1.54, 1.807) is 31.2 Å². The van der Waals surface area contributed by atoms with Crippen LogP contribution in [-0.2, 0) is 10.0 Å². The first-order chi connectivity index (χ1) is 11.2. The predicted octanol–water partition coefficient (Wildman–Crippen LogP) is 3.34. The SMILES string of the molecule is CCS(=O)(=O)N(C)c1ccc(C(=O)Nc2ccc(C)cc2C)cc1. The Kier molecular flexibility index (Phi) is 5.29. The van der Waals surface area contributed by atoms with Gasteiger partial charge in [0.25, 0.3) is 5.91 Å². The number of hydrogen-bond acceptors (Lipinski definition) is 3. The van der Waals surface area contributed by atoms with Gasteiger partial charge < -0.3 is 5.32 Å². The van der Waals surface area contributed by atoms with Crippen LogP contribution in [-0.4, -0.2) is 27.1 Å². The Morgan fingerprint density at radius 2 is 1.71 bits per heavy atom. The molecule has 1 N–H and O–H groups in total. The number of aryl methyl sites for hydroxylation is 2. The third-order valence-corrected chi connectivity index (χ3v) is 5.68. The number of rotatable bonds is 5. The fourth-order valence-electron chi connectivity index (χ4n) is 2.33.